The van der Waals surface area contributed by atoms with Crippen LogP contribution in [0.1, 0.15) is 32.4 Å². The van der Waals surface area contributed by atoms with Gasteiger partial charge in [-0.15, -0.1) is 0 Å². The average molecular weight is 251 g/mol. The molecule has 0 saturated carbocycles. The van der Waals surface area contributed by atoms with Gasteiger partial charge in [0.1, 0.15) is 0 Å². The molecule has 0 saturated heterocycles. The third-order valence-electron chi connectivity index (χ3n) is 3.32. The largest absolute Gasteiger partial charge is 0.395 e. The Bertz CT molecular complexity index is 340. The van der Waals surface area contributed by atoms with E-state index in [1.54, 1.807) is 0 Å². The summed E-state index contributed by atoms with van der Waals surface area (Å²) in [7, 11) is 1.91. The summed E-state index contributed by atoms with van der Waals surface area (Å²) in [6, 6.07) is 4.53. The second-order valence-corrected chi connectivity index (χ2v) is 4.45. The molecule has 1 aromatic rings. The number of anilines is 1. The first-order chi connectivity index (χ1) is 8.74. The number of nitrogens with one attached hydrogen (secondary N) is 1. The Morgan fingerprint density at radius 3 is 2.67 bits per heavy atom. The topological polar surface area (TPSA) is 48.4 Å². The van der Waals surface area contributed by atoms with Crippen LogP contribution in [0, 0.1) is 0 Å². The van der Waals surface area contributed by atoms with Crippen LogP contribution in [0.2, 0.25) is 0 Å². The molecule has 102 valence electrons. The lowest BCUT2D eigenvalue weighted by atomic mass is 10.1. The van der Waals surface area contributed by atoms with Crippen LogP contribution in [0.15, 0.2) is 18.3 Å². The van der Waals surface area contributed by atoms with E-state index in [1.807, 2.05) is 19.3 Å². The van der Waals surface area contributed by atoms with E-state index in [-0.39, 0.29) is 6.61 Å². The molecule has 0 radical (unpaired) electrons. The summed E-state index contributed by atoms with van der Waals surface area (Å²) in [6.07, 6.45) is 4.02. The molecular weight excluding hydrogens is 226 g/mol. The van der Waals surface area contributed by atoms with Crippen molar-refractivity contribution in [2.24, 2.45) is 0 Å². The lowest BCUT2D eigenvalue weighted by Crippen LogP contribution is -2.36. The minimum Gasteiger partial charge on any atom is -0.395 e. The molecule has 1 aromatic heterocycles. The van der Waals surface area contributed by atoms with E-state index in [1.165, 1.54) is 0 Å². The number of aliphatic hydroxyl groups excluding tert-OH is 1. The Morgan fingerprint density at radius 2 is 2.11 bits per heavy atom. The van der Waals surface area contributed by atoms with Crippen LogP contribution >= 0.6 is 0 Å². The minimum absolute atomic E-state index is 0.197. The summed E-state index contributed by atoms with van der Waals surface area (Å²) in [4.78, 5) is 6.70. The summed E-state index contributed by atoms with van der Waals surface area (Å²) in [5.41, 5.74) is 2.12. The van der Waals surface area contributed by atoms with Crippen LogP contribution in [0.4, 0.5) is 5.69 Å². The third kappa shape index (κ3) is 4.27. The molecule has 2 N–H and O–H groups in total. The van der Waals surface area contributed by atoms with Gasteiger partial charge < -0.3 is 10.4 Å². The Kier molecular flexibility index (Phi) is 6.68. The van der Waals surface area contributed by atoms with Gasteiger partial charge in [0.15, 0.2) is 0 Å². The van der Waals surface area contributed by atoms with Crippen molar-refractivity contribution < 1.29 is 5.11 Å². The zero-order valence-corrected chi connectivity index (χ0v) is 11.7. The van der Waals surface area contributed by atoms with E-state index >= 15 is 0 Å². The van der Waals surface area contributed by atoms with Crippen LogP contribution in [-0.4, -0.2) is 41.2 Å². The normalized spacial score (nSPS) is 11.2. The molecular formula is C14H25N3O. The maximum absolute atomic E-state index is 9.18. The van der Waals surface area contributed by atoms with Gasteiger partial charge in [0, 0.05) is 38.1 Å². The molecule has 0 atom stereocenters. The Labute approximate surface area is 110 Å². The van der Waals surface area contributed by atoms with Crippen molar-refractivity contribution in [3.8, 4) is 0 Å². The zero-order chi connectivity index (χ0) is 13.4. The van der Waals surface area contributed by atoms with Crippen LogP contribution in [0.25, 0.3) is 0 Å². The van der Waals surface area contributed by atoms with Crippen molar-refractivity contribution >= 4 is 5.69 Å². The second-order valence-electron chi connectivity index (χ2n) is 4.45. The highest BCUT2D eigenvalue weighted by molar-refractivity contribution is 5.42. The van der Waals surface area contributed by atoms with Crippen molar-refractivity contribution in [1.82, 2.24) is 9.88 Å². The highest BCUT2D eigenvalue weighted by Crippen LogP contribution is 2.14. The summed E-state index contributed by atoms with van der Waals surface area (Å²) < 4.78 is 0. The lowest BCUT2D eigenvalue weighted by molar-refractivity contribution is 0.135. The van der Waals surface area contributed by atoms with Crippen molar-refractivity contribution in [1.29, 1.82) is 0 Å². The highest BCUT2D eigenvalue weighted by Gasteiger charge is 2.15. The Morgan fingerprint density at radius 1 is 1.39 bits per heavy atom. The average Bonchev–Trinajstić information content (AvgIpc) is 2.40. The van der Waals surface area contributed by atoms with Gasteiger partial charge in [-0.1, -0.05) is 13.8 Å². The van der Waals surface area contributed by atoms with Crippen LogP contribution < -0.4 is 5.32 Å². The van der Waals surface area contributed by atoms with Gasteiger partial charge in [-0.05, 0) is 25.0 Å². The highest BCUT2D eigenvalue weighted by atomic mass is 16.3. The first-order valence-electron chi connectivity index (χ1n) is 6.72. The van der Waals surface area contributed by atoms with Gasteiger partial charge >= 0.3 is 0 Å². The Hall–Kier alpha value is -1.13. The van der Waals surface area contributed by atoms with E-state index in [4.69, 9.17) is 0 Å². The fourth-order valence-electron chi connectivity index (χ4n) is 2.25. The molecule has 0 aliphatic carbocycles. The standard InChI is InChI=1S/C14H25N3O/c1-4-14(5-2)17(8-9-18)11-13-10-12(15-3)6-7-16-13/h6-7,10,14,18H,4-5,8-9,11H2,1-3H3,(H,15,16). The van der Waals surface area contributed by atoms with Gasteiger partial charge in [0.2, 0.25) is 0 Å². The van der Waals surface area contributed by atoms with Crippen molar-refractivity contribution in [2.75, 3.05) is 25.5 Å². The van der Waals surface area contributed by atoms with Gasteiger partial charge in [-0.25, -0.2) is 0 Å². The fourth-order valence-corrected chi connectivity index (χ4v) is 2.25. The molecule has 0 aliphatic heterocycles. The lowest BCUT2D eigenvalue weighted by Gasteiger charge is -2.29. The molecule has 0 spiro atoms. The van der Waals surface area contributed by atoms with Crippen LogP contribution in [0.3, 0.4) is 0 Å². The summed E-state index contributed by atoms with van der Waals surface area (Å²) in [6.45, 7) is 6.08. The van der Waals surface area contributed by atoms with Gasteiger partial charge in [0.05, 0.1) is 12.3 Å². The molecule has 0 fully saturated rings. The molecule has 4 heteroatoms. The number of hydrogen-bond acceptors (Lipinski definition) is 4. The number of hydrogen-bond donors (Lipinski definition) is 2. The summed E-state index contributed by atoms with van der Waals surface area (Å²) in [5.74, 6) is 0. The molecule has 0 amide bonds. The number of aliphatic hydroxyl groups is 1. The van der Waals surface area contributed by atoms with Crippen molar-refractivity contribution in [3.63, 3.8) is 0 Å². The SMILES string of the molecule is CCC(CC)N(CCO)Cc1cc(NC)ccn1. The summed E-state index contributed by atoms with van der Waals surface area (Å²) in [5, 5.41) is 12.3. The van der Waals surface area contributed by atoms with Crippen LogP contribution in [-0.2, 0) is 6.54 Å². The fraction of sp³-hybridized carbons (Fsp3) is 0.643. The number of aromatic nitrogens is 1. The van der Waals surface area contributed by atoms with Gasteiger partial charge in [-0.3, -0.25) is 9.88 Å². The van der Waals surface area contributed by atoms with Gasteiger partial charge in [0.25, 0.3) is 0 Å². The minimum atomic E-state index is 0.197. The predicted octanol–water partition coefficient (Wildman–Crippen LogP) is 2.11. The van der Waals surface area contributed by atoms with E-state index in [2.05, 4.69) is 35.1 Å². The second kappa shape index (κ2) is 8.06. The van der Waals surface area contributed by atoms with Gasteiger partial charge in [-0.2, -0.15) is 0 Å². The smallest absolute Gasteiger partial charge is 0.0564 e. The molecule has 0 aromatic carbocycles. The van der Waals surface area contributed by atoms with Crippen LogP contribution in [0.5, 0.6) is 0 Å². The first-order valence-corrected chi connectivity index (χ1v) is 6.72. The third-order valence-corrected chi connectivity index (χ3v) is 3.32. The molecule has 0 bridgehead atoms. The molecule has 18 heavy (non-hydrogen) atoms. The quantitative estimate of drug-likeness (QED) is 0.743. The molecule has 4 nitrogen and oxygen atoms in total. The molecule has 1 heterocycles. The maximum atomic E-state index is 9.18. The van der Waals surface area contributed by atoms with E-state index in [0.717, 1.165) is 30.8 Å². The zero-order valence-electron chi connectivity index (χ0n) is 11.7. The van der Waals surface area contributed by atoms with Crippen molar-refractivity contribution in [3.05, 3.63) is 24.0 Å². The van der Waals surface area contributed by atoms with E-state index in [9.17, 15) is 5.11 Å². The number of nitrogens with zero attached hydrogens (tertiary/aromatic N) is 2. The predicted molar refractivity (Wildman–Crippen MR) is 75.6 cm³/mol. The maximum Gasteiger partial charge on any atom is 0.0564 e. The molecule has 0 aliphatic rings. The summed E-state index contributed by atoms with van der Waals surface area (Å²) >= 11 is 0. The number of rotatable bonds is 8. The Balaban J connectivity index is 2.75. The first kappa shape index (κ1) is 14.9. The van der Waals surface area contributed by atoms with E-state index < -0.39 is 0 Å². The molecule has 0 unspecified atom stereocenters. The number of pyridine rings is 1. The van der Waals surface area contributed by atoms with E-state index in [0.29, 0.717) is 12.6 Å². The monoisotopic (exact) mass is 251 g/mol. The van der Waals surface area contributed by atoms with Crippen molar-refractivity contribution in [2.45, 2.75) is 39.3 Å². The molecule has 1 rings (SSSR count).